The lowest BCUT2D eigenvalue weighted by Gasteiger charge is -2.46. The number of rotatable bonds is 8. The quantitative estimate of drug-likeness (QED) is 0.278. The van der Waals surface area contributed by atoms with E-state index < -0.39 is 29.9 Å². The fraction of sp³-hybridized carbons (Fsp3) is 0.548. The van der Waals surface area contributed by atoms with E-state index in [0.717, 1.165) is 0 Å². The minimum absolute atomic E-state index is 0.0000779. The largest absolute Gasteiger partial charge is 0.495 e. The number of amides is 4. The van der Waals surface area contributed by atoms with Crippen LogP contribution in [-0.4, -0.2) is 80.8 Å². The number of halogens is 1. The van der Waals surface area contributed by atoms with E-state index in [4.69, 9.17) is 26.3 Å². The molecule has 0 aliphatic carbocycles. The number of anilines is 2. The molecule has 0 radical (unpaired) electrons. The van der Waals surface area contributed by atoms with Crippen LogP contribution in [-0.2, 0) is 4.74 Å². The number of alkyl halides is 1. The first-order valence-electron chi connectivity index (χ1n) is 14.6. The number of nitrogens with zero attached hydrogens (tertiary/aromatic N) is 5. The number of carbonyl (C=O) groups excluding carboxylic acids is 2. The molecular formula is C31H42ClN7O6. The molecular weight excluding hydrogens is 602 g/mol. The molecule has 1 fully saturated rings. The second-order valence-electron chi connectivity index (χ2n) is 13.0. The van der Waals surface area contributed by atoms with Crippen LogP contribution in [0.4, 0.5) is 25.9 Å². The minimum Gasteiger partial charge on any atom is -0.495 e. The summed E-state index contributed by atoms with van der Waals surface area (Å²) < 4.78 is 11.4. The van der Waals surface area contributed by atoms with Crippen LogP contribution in [0.3, 0.4) is 0 Å². The van der Waals surface area contributed by atoms with E-state index in [1.165, 1.54) is 24.4 Å². The predicted octanol–water partition coefficient (Wildman–Crippen LogP) is 6.32. The van der Waals surface area contributed by atoms with Crippen LogP contribution in [0.5, 0.6) is 5.75 Å². The molecule has 1 aromatic heterocycles. The van der Waals surface area contributed by atoms with Gasteiger partial charge in [0.1, 0.15) is 17.4 Å². The molecule has 1 aliphatic rings. The summed E-state index contributed by atoms with van der Waals surface area (Å²) in [6.07, 6.45) is 2.18. The van der Waals surface area contributed by atoms with E-state index in [2.05, 4.69) is 20.6 Å². The van der Waals surface area contributed by atoms with Gasteiger partial charge in [-0.15, -0.1) is 11.6 Å². The summed E-state index contributed by atoms with van der Waals surface area (Å²) in [5.41, 5.74) is 0.0746. The molecule has 13 nitrogen and oxygen atoms in total. The molecule has 2 heterocycles. The van der Waals surface area contributed by atoms with E-state index in [-0.39, 0.29) is 34.8 Å². The molecule has 0 spiro atoms. The maximum Gasteiger partial charge on any atom is 0.410 e. The van der Waals surface area contributed by atoms with Crippen molar-refractivity contribution in [1.82, 2.24) is 19.8 Å². The van der Waals surface area contributed by atoms with Gasteiger partial charge in [0.05, 0.1) is 31.2 Å². The van der Waals surface area contributed by atoms with Gasteiger partial charge in [-0.25, -0.2) is 24.4 Å². The van der Waals surface area contributed by atoms with Gasteiger partial charge in [-0.3, -0.25) is 10.2 Å². The molecule has 1 saturated heterocycles. The zero-order valence-electron chi connectivity index (χ0n) is 26.8. The van der Waals surface area contributed by atoms with Gasteiger partial charge in [0, 0.05) is 25.0 Å². The Bertz CT molecular complexity index is 1400. The molecule has 0 bridgehead atoms. The number of hydrogen-bond acceptors (Lipinski definition) is 8. The third-order valence-corrected chi connectivity index (χ3v) is 7.72. The number of ether oxygens (including phenoxy) is 2. The van der Waals surface area contributed by atoms with Crippen molar-refractivity contribution >= 4 is 41.3 Å². The summed E-state index contributed by atoms with van der Waals surface area (Å²) in [7, 11) is 1.46. The van der Waals surface area contributed by atoms with E-state index >= 15 is 0 Å². The lowest BCUT2D eigenvalue weighted by Crippen LogP contribution is -2.53. The van der Waals surface area contributed by atoms with Gasteiger partial charge in [0.15, 0.2) is 11.5 Å². The molecule has 1 aliphatic heterocycles. The topological polar surface area (TPSA) is 170 Å². The van der Waals surface area contributed by atoms with E-state index in [1.807, 2.05) is 26.8 Å². The summed E-state index contributed by atoms with van der Waals surface area (Å²) in [6, 6.07) is 5.51. The number of hydrogen-bond donors (Lipinski definition) is 3. The maximum absolute atomic E-state index is 13.7. The number of likely N-dealkylation sites (tertiary alicyclic amines) is 1. The monoisotopic (exact) mass is 643 g/mol. The second-order valence-corrected chi connectivity index (χ2v) is 13.3. The fourth-order valence-electron chi connectivity index (χ4n) is 5.27. The summed E-state index contributed by atoms with van der Waals surface area (Å²) in [6.45, 7) is 12.1. The van der Waals surface area contributed by atoms with Gasteiger partial charge in [0.2, 0.25) is 0 Å². The van der Waals surface area contributed by atoms with E-state index in [9.17, 15) is 19.5 Å². The summed E-state index contributed by atoms with van der Waals surface area (Å²) >= 11 is 6.54. The first kappa shape index (κ1) is 35.2. The molecule has 3 atom stereocenters. The Kier molecular flexibility index (Phi) is 11.4. The van der Waals surface area contributed by atoms with Crippen molar-refractivity contribution in [1.29, 1.82) is 5.26 Å². The van der Waals surface area contributed by atoms with Crippen LogP contribution >= 0.6 is 11.6 Å². The van der Waals surface area contributed by atoms with Gasteiger partial charge in [-0.1, -0.05) is 26.8 Å². The third-order valence-electron chi connectivity index (χ3n) is 7.43. The molecule has 45 heavy (non-hydrogen) atoms. The summed E-state index contributed by atoms with van der Waals surface area (Å²) in [5.74, 6) is 0.527. The number of carboxylic acid groups (broad SMARTS) is 1. The SMILES string of the molecule is COc1cc(C(CCl)N(CC2CCN(C(=O)O)C(C(C)(C)C)C2)C(=O)OC(C)(C)C)ccc1NC(=O)Nc1cnc(C#N)cn1. The van der Waals surface area contributed by atoms with Crippen molar-refractivity contribution in [3.8, 4) is 11.8 Å². The molecule has 14 heteroatoms. The zero-order chi connectivity index (χ0) is 33.5. The maximum atomic E-state index is 13.7. The highest BCUT2D eigenvalue weighted by Gasteiger charge is 2.41. The van der Waals surface area contributed by atoms with Crippen molar-refractivity contribution < 1.29 is 29.0 Å². The van der Waals surface area contributed by atoms with Crippen LogP contribution in [0.2, 0.25) is 0 Å². The zero-order valence-corrected chi connectivity index (χ0v) is 27.5. The molecule has 2 aromatic rings. The molecule has 3 N–H and O–H groups in total. The fourth-order valence-corrected chi connectivity index (χ4v) is 5.62. The average Bonchev–Trinajstić information content (AvgIpc) is 2.96. The number of aromatic nitrogens is 2. The Morgan fingerprint density at radius 1 is 1.18 bits per heavy atom. The predicted molar refractivity (Wildman–Crippen MR) is 169 cm³/mol. The molecule has 4 amide bonds. The van der Waals surface area contributed by atoms with E-state index in [1.54, 1.807) is 43.9 Å². The van der Waals surface area contributed by atoms with Crippen molar-refractivity contribution in [3.63, 3.8) is 0 Å². The Labute approximate surface area is 268 Å². The molecule has 0 saturated carbocycles. The van der Waals surface area contributed by atoms with Crippen LogP contribution < -0.4 is 15.4 Å². The van der Waals surface area contributed by atoms with Gasteiger partial charge >= 0.3 is 18.2 Å². The molecule has 1 aromatic carbocycles. The summed E-state index contributed by atoms with van der Waals surface area (Å²) in [4.78, 5) is 49.2. The number of methoxy groups -OCH3 is 1. The van der Waals surface area contributed by atoms with Gasteiger partial charge < -0.3 is 24.8 Å². The lowest BCUT2D eigenvalue weighted by atomic mass is 9.77. The Balaban J connectivity index is 1.87. The highest BCUT2D eigenvalue weighted by Crippen LogP contribution is 2.37. The number of benzene rings is 1. The number of piperidine rings is 1. The first-order valence-corrected chi connectivity index (χ1v) is 15.1. The summed E-state index contributed by atoms with van der Waals surface area (Å²) in [5, 5.41) is 23.9. The Morgan fingerprint density at radius 2 is 1.89 bits per heavy atom. The lowest BCUT2D eigenvalue weighted by molar-refractivity contribution is 0.00149. The Morgan fingerprint density at radius 3 is 2.42 bits per heavy atom. The van der Waals surface area contributed by atoms with Gasteiger partial charge in [-0.05, 0) is 62.6 Å². The highest BCUT2D eigenvalue weighted by molar-refractivity contribution is 6.18. The van der Waals surface area contributed by atoms with Crippen molar-refractivity contribution in [2.24, 2.45) is 11.3 Å². The number of nitrogens with one attached hydrogen (secondary N) is 2. The third kappa shape index (κ3) is 9.59. The number of urea groups is 1. The Hall–Kier alpha value is -4.31. The standard InChI is InChI=1S/C31H42ClN7O6/c1-30(2,3)25-12-19(10-11-38(25)28(41)42)18-39(29(43)45-31(4,5)6)23(14-32)20-8-9-22(24(13-20)44-7)36-27(40)37-26-17-34-21(15-33)16-35-26/h8-9,13,16-17,19,23,25H,10-12,14,18H2,1-7H3,(H,41,42)(H2,35,36,37,40). The van der Waals surface area contributed by atoms with Crippen LogP contribution in [0.15, 0.2) is 30.6 Å². The number of nitriles is 1. The number of carbonyl (C=O) groups is 3. The van der Waals surface area contributed by atoms with E-state index in [0.29, 0.717) is 42.9 Å². The van der Waals surface area contributed by atoms with Crippen LogP contribution in [0.25, 0.3) is 0 Å². The van der Waals surface area contributed by atoms with Crippen molar-refractivity contribution in [2.45, 2.75) is 72.1 Å². The highest BCUT2D eigenvalue weighted by atomic mass is 35.5. The van der Waals surface area contributed by atoms with Crippen LogP contribution in [0.1, 0.15) is 71.7 Å². The first-order chi connectivity index (χ1) is 21.1. The molecule has 244 valence electrons. The van der Waals surface area contributed by atoms with Crippen molar-refractivity contribution in [2.75, 3.05) is 36.7 Å². The van der Waals surface area contributed by atoms with Crippen LogP contribution in [0, 0.1) is 22.7 Å². The normalized spacial score (nSPS) is 17.4. The smallest absolute Gasteiger partial charge is 0.410 e. The van der Waals surface area contributed by atoms with Gasteiger partial charge in [-0.2, -0.15) is 5.26 Å². The molecule has 3 unspecified atom stereocenters. The minimum atomic E-state index is -0.949. The van der Waals surface area contributed by atoms with Gasteiger partial charge in [0.25, 0.3) is 0 Å². The molecule has 3 rings (SSSR count). The second kappa shape index (κ2) is 14.6. The van der Waals surface area contributed by atoms with Crippen molar-refractivity contribution in [3.05, 3.63) is 41.9 Å². The average molecular weight is 644 g/mol.